The lowest BCUT2D eigenvalue weighted by molar-refractivity contribution is -0.384. The van der Waals surface area contributed by atoms with Gasteiger partial charge in [-0.3, -0.25) is 10.1 Å². The zero-order valence-corrected chi connectivity index (χ0v) is 12.1. The molecule has 1 fully saturated rings. The summed E-state index contributed by atoms with van der Waals surface area (Å²) in [6.45, 7) is 2.86. The summed E-state index contributed by atoms with van der Waals surface area (Å²) in [4.78, 5) is 10.4. The van der Waals surface area contributed by atoms with Gasteiger partial charge in [0.15, 0.2) is 0 Å². The van der Waals surface area contributed by atoms with E-state index in [4.69, 9.17) is 11.6 Å². The Balaban J connectivity index is 2.12. The molecule has 1 saturated carbocycles. The number of hydrogen-bond donors (Lipinski definition) is 1. The van der Waals surface area contributed by atoms with Gasteiger partial charge in [-0.15, -0.1) is 0 Å². The van der Waals surface area contributed by atoms with Crippen molar-refractivity contribution < 1.29 is 9.31 Å². The van der Waals surface area contributed by atoms with Gasteiger partial charge in [0, 0.05) is 6.54 Å². The van der Waals surface area contributed by atoms with Crippen LogP contribution in [-0.4, -0.2) is 11.5 Å². The van der Waals surface area contributed by atoms with Crippen molar-refractivity contribution in [3.63, 3.8) is 0 Å². The minimum absolute atomic E-state index is 0.102. The van der Waals surface area contributed by atoms with E-state index in [9.17, 15) is 14.5 Å². The third-order valence-corrected chi connectivity index (χ3v) is 4.37. The number of halogens is 2. The van der Waals surface area contributed by atoms with E-state index in [2.05, 4.69) is 12.2 Å². The molecule has 0 heterocycles. The Labute approximate surface area is 122 Å². The molecule has 1 aromatic carbocycles. The molecule has 110 valence electrons. The molecule has 0 bridgehead atoms. The molecule has 2 unspecified atom stereocenters. The Morgan fingerprint density at radius 1 is 1.45 bits per heavy atom. The summed E-state index contributed by atoms with van der Waals surface area (Å²) < 4.78 is 13.3. The van der Waals surface area contributed by atoms with Gasteiger partial charge in [0.1, 0.15) is 11.5 Å². The second-order valence-corrected chi connectivity index (χ2v) is 5.85. The minimum atomic E-state index is -0.769. The maximum Gasteiger partial charge on any atom is 0.295 e. The van der Waals surface area contributed by atoms with Gasteiger partial charge in [0.2, 0.25) is 0 Å². The first-order valence-electron chi connectivity index (χ1n) is 6.86. The zero-order valence-electron chi connectivity index (χ0n) is 11.4. The summed E-state index contributed by atoms with van der Waals surface area (Å²) in [5.74, 6) is 0.327. The first-order chi connectivity index (χ1) is 9.49. The maximum absolute atomic E-state index is 13.3. The second-order valence-electron chi connectivity index (χ2n) is 5.44. The van der Waals surface area contributed by atoms with Crippen LogP contribution in [0.3, 0.4) is 0 Å². The Hall–Kier alpha value is -1.36. The van der Waals surface area contributed by atoms with Crippen molar-refractivity contribution in [2.24, 2.45) is 11.8 Å². The predicted octanol–water partition coefficient (Wildman–Crippen LogP) is 4.63. The molecule has 6 heteroatoms. The van der Waals surface area contributed by atoms with Crippen LogP contribution in [0.1, 0.15) is 32.6 Å². The first-order valence-corrected chi connectivity index (χ1v) is 7.24. The quantitative estimate of drug-likeness (QED) is 0.651. The van der Waals surface area contributed by atoms with E-state index in [0.717, 1.165) is 12.5 Å². The average Bonchev–Trinajstić information content (AvgIpc) is 2.41. The number of nitro benzene ring substituents is 1. The standard InChI is InChI=1S/C14H18ClFN2O2/c1-9-4-2-3-5-10(9)8-17-13-6-11(15)12(16)7-14(13)18(19)20/h6-7,9-10,17H,2-5,8H2,1H3. The fourth-order valence-electron chi connectivity index (χ4n) is 2.77. The summed E-state index contributed by atoms with van der Waals surface area (Å²) in [5, 5.41) is 13.9. The highest BCUT2D eigenvalue weighted by atomic mass is 35.5. The van der Waals surface area contributed by atoms with Gasteiger partial charge < -0.3 is 5.32 Å². The molecule has 1 aliphatic rings. The highest BCUT2D eigenvalue weighted by Gasteiger charge is 2.23. The molecule has 2 rings (SSSR count). The molecule has 1 aromatic rings. The van der Waals surface area contributed by atoms with Crippen LogP contribution in [0.15, 0.2) is 12.1 Å². The van der Waals surface area contributed by atoms with Crippen molar-refractivity contribution >= 4 is 23.0 Å². The van der Waals surface area contributed by atoms with Gasteiger partial charge in [-0.2, -0.15) is 0 Å². The molecule has 2 atom stereocenters. The molecule has 1 N–H and O–H groups in total. The molecule has 20 heavy (non-hydrogen) atoms. The van der Waals surface area contributed by atoms with Gasteiger partial charge in [0.25, 0.3) is 5.69 Å². The Bertz CT molecular complexity index is 510. The molecular formula is C14H18ClFN2O2. The van der Waals surface area contributed by atoms with Crippen LogP contribution in [0.2, 0.25) is 5.02 Å². The van der Waals surface area contributed by atoms with Crippen LogP contribution < -0.4 is 5.32 Å². The molecular weight excluding hydrogens is 283 g/mol. The molecule has 0 aliphatic heterocycles. The number of nitrogens with one attached hydrogen (secondary N) is 1. The highest BCUT2D eigenvalue weighted by molar-refractivity contribution is 6.31. The molecule has 4 nitrogen and oxygen atoms in total. The summed E-state index contributed by atoms with van der Waals surface area (Å²) >= 11 is 5.70. The fraction of sp³-hybridized carbons (Fsp3) is 0.571. The zero-order chi connectivity index (χ0) is 14.7. The number of hydrogen-bond acceptors (Lipinski definition) is 3. The lowest BCUT2D eigenvalue weighted by Gasteiger charge is -2.29. The van der Waals surface area contributed by atoms with Gasteiger partial charge in [0.05, 0.1) is 16.0 Å². The van der Waals surface area contributed by atoms with Crippen molar-refractivity contribution in [1.29, 1.82) is 0 Å². The Kier molecular flexibility index (Phi) is 4.81. The molecule has 0 radical (unpaired) electrons. The van der Waals surface area contributed by atoms with E-state index < -0.39 is 10.7 Å². The molecule has 0 amide bonds. The average molecular weight is 301 g/mol. The van der Waals surface area contributed by atoms with Crippen LogP contribution in [0.25, 0.3) is 0 Å². The molecule has 0 saturated heterocycles. The number of anilines is 1. The number of benzene rings is 1. The van der Waals surface area contributed by atoms with Gasteiger partial charge in [-0.25, -0.2) is 4.39 Å². The van der Waals surface area contributed by atoms with Gasteiger partial charge >= 0.3 is 0 Å². The van der Waals surface area contributed by atoms with Crippen molar-refractivity contribution in [2.75, 3.05) is 11.9 Å². The Morgan fingerprint density at radius 3 is 2.80 bits per heavy atom. The van der Waals surface area contributed by atoms with Gasteiger partial charge in [-0.1, -0.05) is 37.8 Å². The number of nitro groups is 1. The first kappa shape index (κ1) is 15.0. The summed E-state index contributed by atoms with van der Waals surface area (Å²) in [5.41, 5.74) is 0.0227. The Morgan fingerprint density at radius 2 is 2.15 bits per heavy atom. The van der Waals surface area contributed by atoms with Crippen LogP contribution in [0, 0.1) is 27.8 Å². The van der Waals surface area contributed by atoms with Crippen molar-refractivity contribution in [1.82, 2.24) is 0 Å². The fourth-order valence-corrected chi connectivity index (χ4v) is 2.93. The van der Waals surface area contributed by atoms with E-state index in [1.54, 1.807) is 0 Å². The lowest BCUT2D eigenvalue weighted by atomic mass is 9.80. The molecule has 0 aromatic heterocycles. The molecule has 1 aliphatic carbocycles. The van der Waals surface area contributed by atoms with Crippen molar-refractivity contribution in [3.05, 3.63) is 33.1 Å². The summed E-state index contributed by atoms with van der Waals surface area (Å²) in [6, 6.07) is 2.16. The van der Waals surface area contributed by atoms with Crippen LogP contribution in [0.4, 0.5) is 15.8 Å². The van der Waals surface area contributed by atoms with Crippen LogP contribution >= 0.6 is 11.6 Å². The topological polar surface area (TPSA) is 55.2 Å². The third-order valence-electron chi connectivity index (χ3n) is 4.08. The third kappa shape index (κ3) is 3.39. The minimum Gasteiger partial charge on any atom is -0.379 e. The van der Waals surface area contributed by atoms with E-state index in [1.807, 2.05) is 0 Å². The van der Waals surface area contributed by atoms with E-state index in [0.29, 0.717) is 24.1 Å². The van der Waals surface area contributed by atoms with Crippen LogP contribution in [0.5, 0.6) is 0 Å². The SMILES string of the molecule is CC1CCCCC1CNc1cc(Cl)c(F)cc1[N+](=O)[O-]. The monoisotopic (exact) mass is 300 g/mol. The number of nitrogens with zero attached hydrogens (tertiary/aromatic N) is 1. The predicted molar refractivity (Wildman–Crippen MR) is 77.7 cm³/mol. The summed E-state index contributed by atoms with van der Waals surface area (Å²) in [7, 11) is 0. The smallest absolute Gasteiger partial charge is 0.295 e. The molecule has 0 spiro atoms. The maximum atomic E-state index is 13.3. The van der Waals surface area contributed by atoms with Crippen LogP contribution in [-0.2, 0) is 0 Å². The number of rotatable bonds is 4. The van der Waals surface area contributed by atoms with E-state index >= 15 is 0 Å². The largest absolute Gasteiger partial charge is 0.379 e. The second kappa shape index (κ2) is 6.39. The highest BCUT2D eigenvalue weighted by Crippen LogP contribution is 2.33. The van der Waals surface area contributed by atoms with Gasteiger partial charge in [-0.05, 0) is 24.3 Å². The van der Waals surface area contributed by atoms with Crippen molar-refractivity contribution in [3.8, 4) is 0 Å². The van der Waals surface area contributed by atoms with E-state index in [1.165, 1.54) is 25.3 Å². The normalized spacial score (nSPS) is 22.6. The van der Waals surface area contributed by atoms with Crippen molar-refractivity contribution in [2.45, 2.75) is 32.6 Å². The lowest BCUT2D eigenvalue weighted by Crippen LogP contribution is -2.24. The van der Waals surface area contributed by atoms with E-state index in [-0.39, 0.29) is 10.7 Å². The summed E-state index contributed by atoms with van der Waals surface area (Å²) in [6.07, 6.45) is 4.76.